The molecule has 0 spiro atoms. The Balaban J connectivity index is 1.58. The minimum Gasteiger partial charge on any atom is -0.508 e. The van der Waals surface area contributed by atoms with Gasteiger partial charge in [0, 0.05) is 31.6 Å². The van der Waals surface area contributed by atoms with Crippen molar-refractivity contribution in [1.29, 1.82) is 0 Å². The molecule has 1 aliphatic rings. The van der Waals surface area contributed by atoms with Gasteiger partial charge in [-0.25, -0.2) is 0 Å². The average molecular weight is 362 g/mol. The third kappa shape index (κ3) is 6.67. The highest BCUT2D eigenvalue weighted by atomic mass is 16.3. The molecule has 0 aromatic heterocycles. The number of piperidine rings is 1. The number of rotatable bonds is 8. The maximum absolute atomic E-state index is 12.1. The van der Waals surface area contributed by atoms with Gasteiger partial charge in [-0.2, -0.15) is 0 Å². The van der Waals surface area contributed by atoms with E-state index in [-0.39, 0.29) is 24.0 Å². The quantitative estimate of drug-likeness (QED) is 0.616. The molecule has 144 valence electrons. The van der Waals surface area contributed by atoms with Crippen LogP contribution in [0.25, 0.3) is 0 Å². The molecule has 1 aromatic carbocycles. The molecule has 0 radical (unpaired) electrons. The second kappa shape index (κ2) is 10.2. The molecule has 1 fully saturated rings. The summed E-state index contributed by atoms with van der Waals surface area (Å²) in [6, 6.07) is 7.82. The van der Waals surface area contributed by atoms with Gasteiger partial charge in [0.05, 0.1) is 6.54 Å². The Kier molecular flexibility index (Phi) is 7.91. The second-order valence-corrected chi connectivity index (χ2v) is 7.17. The molecular weight excluding hydrogens is 331 g/mol. The normalized spacial score (nSPS) is 20.5. The van der Waals surface area contributed by atoms with Gasteiger partial charge in [0.25, 0.3) is 0 Å². The summed E-state index contributed by atoms with van der Waals surface area (Å²) in [6.07, 6.45) is 4.50. The number of nitrogens with one attached hydrogen (secondary N) is 2. The summed E-state index contributed by atoms with van der Waals surface area (Å²) in [5.41, 5.74) is 1.06. The van der Waals surface area contributed by atoms with Crippen molar-refractivity contribution < 1.29 is 14.7 Å². The van der Waals surface area contributed by atoms with Crippen molar-refractivity contribution in [3.8, 4) is 5.75 Å². The van der Waals surface area contributed by atoms with Crippen LogP contribution in [0, 0.1) is 0 Å². The number of phenolic OH excluding ortho intramolecular Hbond substituents is 1. The van der Waals surface area contributed by atoms with Crippen LogP contribution in [-0.2, 0) is 16.0 Å². The van der Waals surface area contributed by atoms with Gasteiger partial charge < -0.3 is 15.7 Å². The number of amides is 2. The smallest absolute Gasteiger partial charge is 0.234 e. The van der Waals surface area contributed by atoms with Crippen LogP contribution < -0.4 is 10.6 Å². The van der Waals surface area contributed by atoms with E-state index in [4.69, 9.17) is 0 Å². The molecule has 2 unspecified atom stereocenters. The first-order valence-electron chi connectivity index (χ1n) is 9.52. The number of likely N-dealkylation sites (tertiary alicyclic amines) is 1. The van der Waals surface area contributed by atoms with E-state index >= 15 is 0 Å². The van der Waals surface area contributed by atoms with Crippen molar-refractivity contribution >= 4 is 11.8 Å². The fraction of sp³-hybridized carbons (Fsp3) is 0.600. The summed E-state index contributed by atoms with van der Waals surface area (Å²) in [7, 11) is 0. The number of aromatic hydroxyl groups is 1. The van der Waals surface area contributed by atoms with Gasteiger partial charge in [0.2, 0.25) is 11.8 Å². The molecule has 6 heteroatoms. The lowest BCUT2D eigenvalue weighted by Crippen LogP contribution is -2.49. The minimum atomic E-state index is -0.0659. The van der Waals surface area contributed by atoms with Gasteiger partial charge >= 0.3 is 0 Å². The molecule has 2 rings (SSSR count). The van der Waals surface area contributed by atoms with Crippen LogP contribution in [-0.4, -0.2) is 53.5 Å². The van der Waals surface area contributed by atoms with Gasteiger partial charge in [0.15, 0.2) is 0 Å². The van der Waals surface area contributed by atoms with Gasteiger partial charge in [-0.15, -0.1) is 0 Å². The standard InChI is InChI=1S/C20H31N3O3/c1-15-4-3-5-16(2)23(15)14-20(26)22-13-11-19(25)21-12-10-17-6-8-18(24)9-7-17/h6-9,15-16,24H,3-5,10-14H2,1-2H3,(H,21,25)(H,22,26)/i14+1. The van der Waals surface area contributed by atoms with Crippen LogP contribution in [0.2, 0.25) is 0 Å². The molecule has 0 aliphatic carbocycles. The molecule has 1 saturated heterocycles. The van der Waals surface area contributed by atoms with E-state index in [0.717, 1.165) is 18.4 Å². The molecule has 3 N–H and O–H groups in total. The minimum absolute atomic E-state index is 0.0116. The molecule has 6 nitrogen and oxygen atoms in total. The van der Waals surface area contributed by atoms with Gasteiger partial charge in [-0.05, 0) is 50.8 Å². The number of nitrogens with zero attached hydrogens (tertiary/aromatic N) is 1. The van der Waals surface area contributed by atoms with Gasteiger partial charge in [0.1, 0.15) is 5.75 Å². The van der Waals surface area contributed by atoms with Crippen molar-refractivity contribution in [3.63, 3.8) is 0 Å². The summed E-state index contributed by atoms with van der Waals surface area (Å²) in [6.45, 7) is 5.65. The summed E-state index contributed by atoms with van der Waals surface area (Å²) >= 11 is 0. The van der Waals surface area contributed by atoms with E-state index in [1.54, 1.807) is 12.1 Å². The van der Waals surface area contributed by atoms with Crippen molar-refractivity contribution in [2.75, 3.05) is 19.6 Å². The predicted molar refractivity (Wildman–Crippen MR) is 102 cm³/mol. The topological polar surface area (TPSA) is 81.7 Å². The highest BCUT2D eigenvalue weighted by Gasteiger charge is 2.26. The van der Waals surface area contributed by atoms with E-state index in [1.807, 2.05) is 12.1 Å². The maximum atomic E-state index is 12.1. The first-order valence-corrected chi connectivity index (χ1v) is 9.52. The molecular formula is C20H31N3O3. The molecule has 1 aliphatic heterocycles. The van der Waals surface area contributed by atoms with Crippen LogP contribution in [0.5, 0.6) is 5.75 Å². The van der Waals surface area contributed by atoms with Crippen LogP contribution in [0.15, 0.2) is 24.3 Å². The van der Waals surface area contributed by atoms with Crippen molar-refractivity contribution in [2.45, 2.75) is 58.0 Å². The summed E-state index contributed by atoms with van der Waals surface area (Å²) in [5.74, 6) is 0.160. The molecule has 2 amide bonds. The molecule has 0 saturated carbocycles. The second-order valence-electron chi connectivity index (χ2n) is 7.17. The third-order valence-electron chi connectivity index (χ3n) is 5.05. The lowest BCUT2D eigenvalue weighted by molar-refractivity contribution is -0.124. The number of hydrogen-bond acceptors (Lipinski definition) is 4. The van der Waals surface area contributed by atoms with E-state index in [2.05, 4.69) is 29.4 Å². The van der Waals surface area contributed by atoms with Crippen molar-refractivity contribution in [1.82, 2.24) is 15.5 Å². The highest BCUT2D eigenvalue weighted by molar-refractivity contribution is 5.80. The summed E-state index contributed by atoms with van der Waals surface area (Å²) < 4.78 is 0. The zero-order valence-electron chi connectivity index (χ0n) is 15.8. The molecule has 2 atom stereocenters. The summed E-state index contributed by atoms with van der Waals surface area (Å²) in [4.78, 5) is 26.2. The zero-order chi connectivity index (χ0) is 18.9. The first kappa shape index (κ1) is 20.2. The van der Waals surface area contributed by atoms with E-state index < -0.39 is 0 Å². The van der Waals surface area contributed by atoms with Crippen LogP contribution in [0.3, 0.4) is 0 Å². The predicted octanol–water partition coefficient (Wildman–Crippen LogP) is 1.82. The van der Waals surface area contributed by atoms with Crippen molar-refractivity contribution in [3.05, 3.63) is 29.8 Å². The molecule has 1 aromatic rings. The Bertz CT molecular complexity index is 578. The van der Waals surface area contributed by atoms with Gasteiger partial charge in [-0.3, -0.25) is 14.5 Å². The van der Waals surface area contributed by atoms with Gasteiger partial charge in [-0.1, -0.05) is 18.6 Å². The maximum Gasteiger partial charge on any atom is 0.234 e. The Morgan fingerprint density at radius 1 is 1.04 bits per heavy atom. The SMILES string of the molecule is CC1CCCC(C)N1[13CH2]C(=O)NCCC(=O)NCCc1ccc(O)cc1. The number of carbonyl (C=O) groups excluding carboxylic acids is 2. The average Bonchev–Trinajstić information content (AvgIpc) is 2.60. The molecule has 1 heterocycles. The highest BCUT2D eigenvalue weighted by Crippen LogP contribution is 2.21. The Labute approximate surface area is 156 Å². The number of hydrogen-bond donors (Lipinski definition) is 3. The van der Waals surface area contributed by atoms with Crippen LogP contribution >= 0.6 is 0 Å². The van der Waals surface area contributed by atoms with E-state index in [0.29, 0.717) is 38.1 Å². The fourth-order valence-electron chi connectivity index (χ4n) is 3.42. The Morgan fingerprint density at radius 2 is 1.65 bits per heavy atom. The lowest BCUT2D eigenvalue weighted by Gasteiger charge is -2.38. The Hall–Kier alpha value is -2.08. The number of carbonyl (C=O) groups is 2. The fourth-order valence-corrected chi connectivity index (χ4v) is 3.42. The lowest BCUT2D eigenvalue weighted by atomic mass is 9.99. The number of phenols is 1. The third-order valence-corrected chi connectivity index (χ3v) is 5.05. The first-order chi connectivity index (χ1) is 12.5. The molecule has 0 bridgehead atoms. The Morgan fingerprint density at radius 3 is 2.31 bits per heavy atom. The monoisotopic (exact) mass is 362 g/mol. The van der Waals surface area contributed by atoms with Crippen LogP contribution in [0.4, 0.5) is 0 Å². The molecule has 26 heavy (non-hydrogen) atoms. The van der Waals surface area contributed by atoms with Crippen LogP contribution in [0.1, 0.15) is 45.1 Å². The van der Waals surface area contributed by atoms with E-state index in [1.165, 1.54) is 6.42 Å². The zero-order valence-corrected chi connectivity index (χ0v) is 15.8. The summed E-state index contributed by atoms with van der Waals surface area (Å²) in [5, 5.41) is 14.9. The van der Waals surface area contributed by atoms with E-state index in [9.17, 15) is 14.7 Å². The number of benzene rings is 1. The van der Waals surface area contributed by atoms with Crippen molar-refractivity contribution in [2.24, 2.45) is 0 Å². The largest absolute Gasteiger partial charge is 0.508 e.